The second-order valence-electron chi connectivity index (χ2n) is 7.48. The van der Waals surface area contributed by atoms with Crippen LogP contribution in [0.4, 0.5) is 5.69 Å². The fourth-order valence-electron chi connectivity index (χ4n) is 3.51. The summed E-state index contributed by atoms with van der Waals surface area (Å²) < 4.78 is 5.11. The van der Waals surface area contributed by atoms with Gasteiger partial charge in [-0.2, -0.15) is 0 Å². The number of aromatic hydroxyl groups is 1. The third kappa shape index (κ3) is 6.52. The van der Waals surface area contributed by atoms with E-state index >= 15 is 0 Å². The van der Waals surface area contributed by atoms with Crippen LogP contribution in [-0.4, -0.2) is 36.2 Å². The van der Waals surface area contributed by atoms with E-state index in [1.807, 2.05) is 42.6 Å². The number of phenols is 1. The molecule has 6 nitrogen and oxygen atoms in total. The molecule has 1 aromatic heterocycles. The Kier molecular flexibility index (Phi) is 8.15. The van der Waals surface area contributed by atoms with Gasteiger partial charge < -0.3 is 25.5 Å². The van der Waals surface area contributed by atoms with Gasteiger partial charge >= 0.3 is 0 Å². The van der Waals surface area contributed by atoms with Crippen LogP contribution in [0.5, 0.6) is 11.5 Å². The van der Waals surface area contributed by atoms with Crippen molar-refractivity contribution in [1.82, 2.24) is 10.3 Å². The number of hydrogen-bond donors (Lipinski definition) is 4. The van der Waals surface area contributed by atoms with E-state index < -0.39 is 0 Å². The minimum atomic E-state index is 0.0536. The SMILES string of the molecule is COc1ccc(NC(=O)CCCCCNCCCc2c[nH]c3ccc(O)cc23)cc1. The number of aromatic amines is 1. The Morgan fingerprint density at radius 3 is 2.63 bits per heavy atom. The van der Waals surface area contributed by atoms with E-state index in [-0.39, 0.29) is 5.91 Å². The summed E-state index contributed by atoms with van der Waals surface area (Å²) >= 11 is 0. The number of nitrogens with one attached hydrogen (secondary N) is 3. The molecule has 1 amide bonds. The van der Waals surface area contributed by atoms with Gasteiger partial charge in [-0.05, 0) is 86.8 Å². The molecule has 0 spiro atoms. The lowest BCUT2D eigenvalue weighted by atomic mass is 10.1. The Balaban J connectivity index is 1.22. The predicted octanol–water partition coefficient (Wildman–Crippen LogP) is 4.60. The number of anilines is 1. The summed E-state index contributed by atoms with van der Waals surface area (Å²) in [5.74, 6) is 1.14. The Bertz CT molecular complexity index is 935. The van der Waals surface area contributed by atoms with Gasteiger partial charge in [0.15, 0.2) is 0 Å². The number of methoxy groups -OCH3 is 1. The average Bonchev–Trinajstić information content (AvgIpc) is 3.15. The largest absolute Gasteiger partial charge is 0.508 e. The molecule has 0 saturated heterocycles. The zero-order valence-corrected chi connectivity index (χ0v) is 17.5. The maximum absolute atomic E-state index is 12.0. The van der Waals surface area contributed by atoms with Crippen LogP contribution < -0.4 is 15.4 Å². The third-order valence-electron chi connectivity index (χ3n) is 5.18. The van der Waals surface area contributed by atoms with Gasteiger partial charge in [-0.3, -0.25) is 4.79 Å². The van der Waals surface area contributed by atoms with Crippen molar-refractivity contribution in [1.29, 1.82) is 0 Å². The number of aromatic nitrogens is 1. The number of ether oxygens (including phenoxy) is 1. The molecular weight excluding hydrogens is 378 g/mol. The van der Waals surface area contributed by atoms with Gasteiger partial charge in [0.2, 0.25) is 5.91 Å². The highest BCUT2D eigenvalue weighted by molar-refractivity contribution is 5.90. The minimum Gasteiger partial charge on any atom is -0.508 e. The summed E-state index contributed by atoms with van der Waals surface area (Å²) in [4.78, 5) is 15.2. The Hall–Kier alpha value is -2.99. The first kappa shape index (κ1) is 21.7. The van der Waals surface area contributed by atoms with Gasteiger partial charge in [0.1, 0.15) is 11.5 Å². The minimum absolute atomic E-state index is 0.0536. The highest BCUT2D eigenvalue weighted by atomic mass is 16.5. The van der Waals surface area contributed by atoms with Crippen molar-refractivity contribution in [2.24, 2.45) is 0 Å². The molecule has 0 bridgehead atoms. The van der Waals surface area contributed by atoms with Gasteiger partial charge in [-0.25, -0.2) is 0 Å². The van der Waals surface area contributed by atoms with Crippen LogP contribution in [0.15, 0.2) is 48.7 Å². The van der Waals surface area contributed by atoms with Crippen molar-refractivity contribution < 1.29 is 14.6 Å². The van der Waals surface area contributed by atoms with Crippen LogP contribution in [-0.2, 0) is 11.2 Å². The van der Waals surface area contributed by atoms with Crippen molar-refractivity contribution in [3.05, 3.63) is 54.2 Å². The number of H-pyrrole nitrogens is 1. The molecule has 160 valence electrons. The zero-order chi connectivity index (χ0) is 21.2. The van der Waals surface area contributed by atoms with Gasteiger partial charge in [-0.15, -0.1) is 0 Å². The molecule has 6 heteroatoms. The number of aryl methyl sites for hydroxylation is 1. The standard InChI is InChI=1S/C24H31N3O3/c1-30-21-11-8-19(9-12-21)27-24(29)7-3-2-4-14-25-15-5-6-18-17-26-23-13-10-20(28)16-22(18)23/h8-13,16-17,25-26,28H,2-7,14-15H2,1H3,(H,27,29). The summed E-state index contributed by atoms with van der Waals surface area (Å²) in [5.41, 5.74) is 3.10. The van der Waals surface area contributed by atoms with Crippen molar-refractivity contribution in [2.75, 3.05) is 25.5 Å². The first-order chi connectivity index (χ1) is 14.7. The Morgan fingerprint density at radius 1 is 1.03 bits per heavy atom. The number of unbranched alkanes of at least 4 members (excludes halogenated alkanes) is 2. The van der Waals surface area contributed by atoms with E-state index in [4.69, 9.17) is 4.74 Å². The quantitative estimate of drug-likeness (QED) is 0.329. The fraction of sp³-hybridized carbons (Fsp3) is 0.375. The smallest absolute Gasteiger partial charge is 0.224 e. The zero-order valence-electron chi connectivity index (χ0n) is 17.5. The number of hydrogen-bond acceptors (Lipinski definition) is 4. The normalized spacial score (nSPS) is 11.0. The molecule has 1 heterocycles. The monoisotopic (exact) mass is 409 g/mol. The maximum Gasteiger partial charge on any atom is 0.224 e. The van der Waals surface area contributed by atoms with E-state index in [2.05, 4.69) is 15.6 Å². The van der Waals surface area contributed by atoms with Crippen LogP contribution in [0, 0.1) is 0 Å². The first-order valence-corrected chi connectivity index (χ1v) is 10.6. The van der Waals surface area contributed by atoms with E-state index in [1.54, 1.807) is 13.2 Å². The van der Waals surface area contributed by atoms with Crippen molar-refractivity contribution >= 4 is 22.5 Å². The summed E-state index contributed by atoms with van der Waals surface area (Å²) in [5, 5.41) is 17.1. The molecule has 0 saturated carbocycles. The predicted molar refractivity (Wildman–Crippen MR) is 121 cm³/mol. The molecule has 0 atom stereocenters. The topological polar surface area (TPSA) is 86.4 Å². The molecule has 3 aromatic rings. The molecule has 4 N–H and O–H groups in total. The van der Waals surface area contributed by atoms with Crippen molar-refractivity contribution in [3.8, 4) is 11.5 Å². The Morgan fingerprint density at radius 2 is 1.83 bits per heavy atom. The van der Waals surface area contributed by atoms with E-state index in [9.17, 15) is 9.90 Å². The average molecular weight is 410 g/mol. The first-order valence-electron chi connectivity index (χ1n) is 10.6. The highest BCUT2D eigenvalue weighted by Gasteiger charge is 2.05. The third-order valence-corrected chi connectivity index (χ3v) is 5.18. The number of carbonyl (C=O) groups is 1. The molecule has 3 rings (SSSR count). The second kappa shape index (κ2) is 11.3. The summed E-state index contributed by atoms with van der Waals surface area (Å²) in [6, 6.07) is 12.8. The molecular formula is C24H31N3O3. The number of phenolic OH excluding ortho intramolecular Hbond substituents is 1. The molecule has 2 aromatic carbocycles. The van der Waals surface area contributed by atoms with E-state index in [0.29, 0.717) is 12.2 Å². The lowest BCUT2D eigenvalue weighted by Gasteiger charge is -2.07. The van der Waals surface area contributed by atoms with Crippen LogP contribution in [0.2, 0.25) is 0 Å². The number of carbonyl (C=O) groups excluding carboxylic acids is 1. The lowest BCUT2D eigenvalue weighted by molar-refractivity contribution is -0.116. The molecule has 0 aliphatic rings. The maximum atomic E-state index is 12.0. The number of fused-ring (bicyclic) bond motifs is 1. The van der Waals surface area contributed by atoms with E-state index in [1.165, 1.54) is 5.56 Å². The highest BCUT2D eigenvalue weighted by Crippen LogP contribution is 2.23. The van der Waals surface area contributed by atoms with Gasteiger partial charge in [0.25, 0.3) is 0 Å². The van der Waals surface area contributed by atoms with Gasteiger partial charge in [0, 0.05) is 29.2 Å². The number of benzene rings is 2. The molecule has 0 unspecified atom stereocenters. The van der Waals surface area contributed by atoms with Crippen LogP contribution >= 0.6 is 0 Å². The van der Waals surface area contributed by atoms with E-state index in [0.717, 1.165) is 67.5 Å². The molecule has 0 radical (unpaired) electrons. The van der Waals surface area contributed by atoms with Crippen LogP contribution in [0.25, 0.3) is 10.9 Å². The fourth-order valence-corrected chi connectivity index (χ4v) is 3.51. The second-order valence-corrected chi connectivity index (χ2v) is 7.48. The van der Waals surface area contributed by atoms with Crippen molar-refractivity contribution in [3.63, 3.8) is 0 Å². The molecule has 0 aliphatic carbocycles. The summed E-state index contributed by atoms with van der Waals surface area (Å²) in [6.07, 6.45) is 7.58. The van der Waals surface area contributed by atoms with Crippen LogP contribution in [0.1, 0.15) is 37.7 Å². The molecule has 0 fully saturated rings. The lowest BCUT2D eigenvalue weighted by Crippen LogP contribution is -2.17. The summed E-state index contributed by atoms with van der Waals surface area (Å²) in [6.45, 7) is 1.93. The van der Waals surface area contributed by atoms with Gasteiger partial charge in [0.05, 0.1) is 7.11 Å². The van der Waals surface area contributed by atoms with Gasteiger partial charge in [-0.1, -0.05) is 6.42 Å². The molecule has 30 heavy (non-hydrogen) atoms. The van der Waals surface area contributed by atoms with Crippen LogP contribution in [0.3, 0.4) is 0 Å². The molecule has 0 aliphatic heterocycles. The Labute approximate surface area is 177 Å². The summed E-state index contributed by atoms with van der Waals surface area (Å²) in [7, 11) is 1.62. The van der Waals surface area contributed by atoms with Crippen molar-refractivity contribution in [2.45, 2.75) is 38.5 Å². The number of rotatable bonds is 12. The number of amides is 1.